The summed E-state index contributed by atoms with van der Waals surface area (Å²) in [4.78, 5) is 12.0. The fourth-order valence-electron chi connectivity index (χ4n) is 3.65. The molecule has 1 heterocycles. The third kappa shape index (κ3) is 3.30. The molecule has 4 nitrogen and oxygen atoms in total. The second-order valence-corrected chi connectivity index (χ2v) is 7.47. The number of piperidine rings is 1. The molecule has 21 heavy (non-hydrogen) atoms. The summed E-state index contributed by atoms with van der Waals surface area (Å²) in [6.45, 7) is 8.18. The fourth-order valence-corrected chi connectivity index (χ4v) is 3.65. The highest BCUT2D eigenvalue weighted by Crippen LogP contribution is 2.55. The van der Waals surface area contributed by atoms with Crippen LogP contribution in [0.2, 0.25) is 0 Å². The van der Waals surface area contributed by atoms with Crippen LogP contribution in [-0.4, -0.2) is 36.7 Å². The summed E-state index contributed by atoms with van der Waals surface area (Å²) in [5.41, 5.74) is -1.21. The first-order chi connectivity index (χ1) is 9.57. The van der Waals surface area contributed by atoms with Crippen molar-refractivity contribution in [1.82, 2.24) is 10.6 Å². The van der Waals surface area contributed by atoms with E-state index in [0.717, 1.165) is 13.1 Å². The van der Waals surface area contributed by atoms with Gasteiger partial charge in [-0.1, -0.05) is 6.92 Å². The highest BCUT2D eigenvalue weighted by atomic mass is 19.3. The van der Waals surface area contributed by atoms with E-state index >= 15 is 0 Å². The molecular formula is C15H26F2N2O2. The third-order valence-corrected chi connectivity index (χ3v) is 4.63. The molecule has 0 bridgehead atoms. The van der Waals surface area contributed by atoms with Gasteiger partial charge in [-0.2, -0.15) is 0 Å². The maximum atomic E-state index is 14.5. The van der Waals surface area contributed by atoms with Gasteiger partial charge in [0, 0.05) is 5.92 Å². The lowest BCUT2D eigenvalue weighted by molar-refractivity contribution is -0.0699. The summed E-state index contributed by atoms with van der Waals surface area (Å²) in [5, 5.41) is 5.68. The molecule has 0 unspecified atom stereocenters. The number of ether oxygens (including phenoxy) is 1. The van der Waals surface area contributed by atoms with Crippen LogP contribution in [0.25, 0.3) is 0 Å². The standard InChI is InChI=1S/C15H26F2N2O2/c1-10-9-14(5-7-18-8-6-14)11(15(10,16)17)19-12(20)21-13(2,3)4/h10-11,18H,5-9H2,1-4H3,(H,19,20)/t10-,11+/m1/s1. The zero-order chi connectivity index (χ0) is 15.9. The molecule has 0 radical (unpaired) electrons. The zero-order valence-electron chi connectivity index (χ0n) is 13.3. The molecule has 2 N–H and O–H groups in total. The van der Waals surface area contributed by atoms with E-state index in [1.165, 1.54) is 0 Å². The van der Waals surface area contributed by atoms with Crippen molar-refractivity contribution in [1.29, 1.82) is 0 Å². The number of nitrogens with one attached hydrogen (secondary N) is 2. The van der Waals surface area contributed by atoms with Crippen LogP contribution in [0.4, 0.5) is 13.6 Å². The first-order valence-corrected chi connectivity index (χ1v) is 7.65. The molecule has 2 rings (SSSR count). The van der Waals surface area contributed by atoms with Crippen LogP contribution < -0.4 is 10.6 Å². The Morgan fingerprint density at radius 2 is 1.86 bits per heavy atom. The Morgan fingerprint density at radius 3 is 2.38 bits per heavy atom. The van der Waals surface area contributed by atoms with Gasteiger partial charge in [0.15, 0.2) is 0 Å². The number of rotatable bonds is 1. The summed E-state index contributed by atoms with van der Waals surface area (Å²) in [7, 11) is 0. The molecule has 0 aromatic rings. The van der Waals surface area contributed by atoms with E-state index in [0.29, 0.717) is 19.3 Å². The van der Waals surface area contributed by atoms with Gasteiger partial charge in [-0.3, -0.25) is 0 Å². The zero-order valence-corrected chi connectivity index (χ0v) is 13.3. The number of carbonyl (C=O) groups excluding carboxylic acids is 1. The van der Waals surface area contributed by atoms with E-state index in [1.807, 2.05) is 0 Å². The minimum Gasteiger partial charge on any atom is -0.444 e. The number of hydrogen-bond acceptors (Lipinski definition) is 3. The normalized spacial score (nSPS) is 31.1. The molecule has 1 spiro atoms. The summed E-state index contributed by atoms with van der Waals surface area (Å²) in [5.74, 6) is -3.62. The van der Waals surface area contributed by atoms with E-state index in [4.69, 9.17) is 4.74 Å². The van der Waals surface area contributed by atoms with Crippen molar-refractivity contribution in [2.75, 3.05) is 13.1 Å². The van der Waals surface area contributed by atoms with E-state index in [2.05, 4.69) is 10.6 Å². The third-order valence-electron chi connectivity index (χ3n) is 4.63. The van der Waals surface area contributed by atoms with Crippen LogP contribution in [-0.2, 0) is 4.74 Å². The van der Waals surface area contributed by atoms with Crippen molar-refractivity contribution in [3.63, 3.8) is 0 Å². The van der Waals surface area contributed by atoms with Crippen molar-refractivity contribution in [2.45, 2.75) is 64.5 Å². The molecule has 1 saturated carbocycles. The van der Waals surface area contributed by atoms with Crippen LogP contribution in [0.3, 0.4) is 0 Å². The molecular weight excluding hydrogens is 278 g/mol. The molecule has 1 amide bonds. The predicted molar refractivity (Wildman–Crippen MR) is 76.4 cm³/mol. The maximum absolute atomic E-state index is 14.5. The summed E-state index contributed by atoms with van der Waals surface area (Å²) >= 11 is 0. The molecule has 0 aromatic carbocycles. The summed E-state index contributed by atoms with van der Waals surface area (Å²) in [6, 6.07) is -1.14. The van der Waals surface area contributed by atoms with Gasteiger partial charge >= 0.3 is 6.09 Å². The van der Waals surface area contributed by atoms with Crippen LogP contribution in [0.1, 0.15) is 47.0 Å². The van der Waals surface area contributed by atoms with Gasteiger partial charge in [-0.05, 0) is 58.5 Å². The molecule has 1 aliphatic carbocycles. The van der Waals surface area contributed by atoms with E-state index < -0.39 is 35.0 Å². The molecule has 0 aromatic heterocycles. The Labute approximate surface area is 125 Å². The maximum Gasteiger partial charge on any atom is 0.408 e. The van der Waals surface area contributed by atoms with Gasteiger partial charge in [0.2, 0.25) is 0 Å². The number of carbonyl (C=O) groups is 1. The van der Waals surface area contributed by atoms with Crippen molar-refractivity contribution in [3.8, 4) is 0 Å². The average molecular weight is 304 g/mol. The van der Waals surface area contributed by atoms with Gasteiger partial charge in [-0.15, -0.1) is 0 Å². The second-order valence-electron chi connectivity index (χ2n) is 7.47. The van der Waals surface area contributed by atoms with Crippen LogP contribution in [0.15, 0.2) is 0 Å². The Kier molecular flexibility index (Phi) is 4.21. The first-order valence-electron chi connectivity index (χ1n) is 7.65. The van der Waals surface area contributed by atoms with Crippen molar-refractivity contribution < 1.29 is 18.3 Å². The molecule has 2 atom stereocenters. The van der Waals surface area contributed by atoms with E-state index in [9.17, 15) is 13.6 Å². The Balaban J connectivity index is 2.17. The number of amides is 1. The molecule has 6 heteroatoms. The molecule has 1 saturated heterocycles. The largest absolute Gasteiger partial charge is 0.444 e. The Morgan fingerprint density at radius 1 is 1.29 bits per heavy atom. The lowest BCUT2D eigenvalue weighted by atomic mass is 9.74. The summed E-state index contributed by atoms with van der Waals surface area (Å²) in [6.07, 6.45) is 1.02. The van der Waals surface area contributed by atoms with Gasteiger partial charge in [0.05, 0.1) is 0 Å². The van der Waals surface area contributed by atoms with Crippen molar-refractivity contribution in [3.05, 3.63) is 0 Å². The fraction of sp³-hybridized carbons (Fsp3) is 0.933. The number of alkyl carbamates (subject to hydrolysis) is 1. The van der Waals surface area contributed by atoms with Crippen LogP contribution in [0, 0.1) is 11.3 Å². The smallest absolute Gasteiger partial charge is 0.408 e. The number of halogens is 2. The Hall–Kier alpha value is -0.910. The lowest BCUT2D eigenvalue weighted by Crippen LogP contribution is -2.56. The minimum atomic E-state index is -2.89. The SMILES string of the molecule is C[C@@H]1CC2(CCNCC2)[C@H](NC(=O)OC(C)(C)C)C1(F)F. The first kappa shape index (κ1) is 16.5. The molecule has 122 valence electrons. The average Bonchev–Trinajstić information content (AvgIpc) is 2.49. The lowest BCUT2D eigenvalue weighted by Gasteiger charge is -2.40. The van der Waals surface area contributed by atoms with Crippen molar-refractivity contribution >= 4 is 6.09 Å². The van der Waals surface area contributed by atoms with E-state index in [1.54, 1.807) is 27.7 Å². The second kappa shape index (κ2) is 5.38. The number of alkyl halides is 2. The molecule has 1 aliphatic heterocycles. The summed E-state index contributed by atoms with van der Waals surface area (Å²) < 4.78 is 34.2. The van der Waals surface area contributed by atoms with Gasteiger partial charge in [0.25, 0.3) is 5.92 Å². The monoisotopic (exact) mass is 304 g/mol. The quantitative estimate of drug-likeness (QED) is 0.783. The van der Waals surface area contributed by atoms with Gasteiger partial charge in [-0.25, -0.2) is 13.6 Å². The number of hydrogen-bond donors (Lipinski definition) is 2. The molecule has 2 fully saturated rings. The van der Waals surface area contributed by atoms with E-state index in [-0.39, 0.29) is 0 Å². The highest BCUT2D eigenvalue weighted by molar-refractivity contribution is 5.68. The van der Waals surface area contributed by atoms with Crippen molar-refractivity contribution in [2.24, 2.45) is 11.3 Å². The predicted octanol–water partition coefficient (Wildman–Crippen LogP) is 2.92. The van der Waals surface area contributed by atoms with Gasteiger partial charge < -0.3 is 15.4 Å². The van der Waals surface area contributed by atoms with Crippen LogP contribution in [0.5, 0.6) is 0 Å². The highest BCUT2D eigenvalue weighted by Gasteiger charge is 2.63. The minimum absolute atomic E-state index is 0.447. The topological polar surface area (TPSA) is 50.4 Å². The molecule has 2 aliphatic rings. The van der Waals surface area contributed by atoms with Crippen LogP contribution >= 0.6 is 0 Å². The Bertz CT molecular complexity index is 401. The van der Waals surface area contributed by atoms with Gasteiger partial charge in [0.1, 0.15) is 11.6 Å².